The van der Waals surface area contributed by atoms with E-state index in [1.54, 1.807) is 6.07 Å². The van der Waals surface area contributed by atoms with Crippen LogP contribution in [0.15, 0.2) is 12.1 Å². The molecule has 1 aliphatic carbocycles. The Labute approximate surface area is 95.0 Å². The molecule has 4 nitrogen and oxygen atoms in total. The van der Waals surface area contributed by atoms with Gasteiger partial charge < -0.3 is 10.5 Å². The van der Waals surface area contributed by atoms with E-state index in [4.69, 9.17) is 15.7 Å². The lowest BCUT2D eigenvalue weighted by molar-refractivity contribution is 0.199. The van der Waals surface area contributed by atoms with Crippen LogP contribution in [0.1, 0.15) is 30.5 Å². The van der Waals surface area contributed by atoms with Gasteiger partial charge in [0.15, 0.2) is 0 Å². The third-order valence-corrected chi connectivity index (χ3v) is 2.82. The van der Waals surface area contributed by atoms with Gasteiger partial charge in [0.1, 0.15) is 17.7 Å². The molecule has 0 saturated heterocycles. The molecular formula is C12H15N3O. The molecule has 0 spiro atoms. The Kier molecular flexibility index (Phi) is 3.07. The Morgan fingerprint density at radius 1 is 1.50 bits per heavy atom. The zero-order chi connectivity index (χ0) is 11.5. The second-order valence-electron chi connectivity index (χ2n) is 4.23. The Hall–Kier alpha value is -1.60. The maximum Gasteiger partial charge on any atom is 0.232 e. The van der Waals surface area contributed by atoms with E-state index in [2.05, 4.69) is 11.1 Å². The molecule has 4 heteroatoms. The third-order valence-electron chi connectivity index (χ3n) is 2.82. The molecule has 1 aliphatic rings. The molecule has 16 heavy (non-hydrogen) atoms. The van der Waals surface area contributed by atoms with Crippen molar-refractivity contribution < 1.29 is 4.74 Å². The van der Waals surface area contributed by atoms with Gasteiger partial charge >= 0.3 is 0 Å². The van der Waals surface area contributed by atoms with E-state index in [-0.39, 0.29) is 12.1 Å². The minimum atomic E-state index is 0.108. The lowest BCUT2D eigenvalue weighted by Crippen LogP contribution is -2.19. The van der Waals surface area contributed by atoms with Crippen molar-refractivity contribution in [2.45, 2.75) is 38.3 Å². The smallest absolute Gasteiger partial charge is 0.232 e. The Morgan fingerprint density at radius 3 is 2.94 bits per heavy atom. The monoisotopic (exact) mass is 217 g/mol. The van der Waals surface area contributed by atoms with Gasteiger partial charge in [-0.1, -0.05) is 0 Å². The first-order valence-electron chi connectivity index (χ1n) is 5.49. The highest BCUT2D eigenvalue weighted by atomic mass is 16.5. The molecule has 0 amide bonds. The molecule has 2 atom stereocenters. The summed E-state index contributed by atoms with van der Waals surface area (Å²) >= 11 is 0. The van der Waals surface area contributed by atoms with Crippen LogP contribution in [0.5, 0.6) is 5.88 Å². The average Bonchev–Trinajstić information content (AvgIpc) is 2.64. The molecule has 1 fully saturated rings. The number of rotatable bonds is 2. The van der Waals surface area contributed by atoms with Crippen LogP contribution >= 0.6 is 0 Å². The first-order chi connectivity index (χ1) is 7.69. The van der Waals surface area contributed by atoms with E-state index in [0.29, 0.717) is 11.4 Å². The number of hydrogen-bond acceptors (Lipinski definition) is 4. The molecule has 0 radical (unpaired) electrons. The quantitative estimate of drug-likeness (QED) is 0.815. The SMILES string of the molecule is Cc1ccc(C#N)c(OC2CCC(N)C2)n1. The highest BCUT2D eigenvalue weighted by molar-refractivity contribution is 5.38. The minimum Gasteiger partial charge on any atom is -0.473 e. The standard InChI is InChI=1S/C12H15N3O/c1-8-2-3-9(7-13)12(15-8)16-11-5-4-10(14)6-11/h2-3,10-11H,4-6,14H2,1H3. The van der Waals surface area contributed by atoms with Crippen LogP contribution in [0, 0.1) is 18.3 Å². The van der Waals surface area contributed by atoms with Gasteiger partial charge in [0.05, 0.1) is 0 Å². The molecule has 0 aromatic carbocycles. The molecule has 1 saturated carbocycles. The fourth-order valence-corrected chi connectivity index (χ4v) is 1.95. The molecule has 1 heterocycles. The number of ether oxygens (including phenoxy) is 1. The summed E-state index contributed by atoms with van der Waals surface area (Å²) in [6, 6.07) is 5.87. The molecule has 0 aliphatic heterocycles. The molecule has 1 aromatic heterocycles. The Balaban J connectivity index is 2.14. The van der Waals surface area contributed by atoms with E-state index in [1.807, 2.05) is 13.0 Å². The number of aromatic nitrogens is 1. The second kappa shape index (κ2) is 4.50. The van der Waals surface area contributed by atoms with Crippen molar-refractivity contribution in [2.24, 2.45) is 5.73 Å². The fraction of sp³-hybridized carbons (Fsp3) is 0.500. The highest BCUT2D eigenvalue weighted by Gasteiger charge is 2.24. The summed E-state index contributed by atoms with van der Waals surface area (Å²) in [5, 5.41) is 8.94. The van der Waals surface area contributed by atoms with E-state index in [9.17, 15) is 0 Å². The summed E-state index contributed by atoms with van der Waals surface area (Å²) in [4.78, 5) is 4.25. The van der Waals surface area contributed by atoms with Crippen LogP contribution in [-0.2, 0) is 0 Å². The first kappa shape index (κ1) is 10.9. The number of nitrogens with zero attached hydrogens (tertiary/aromatic N) is 2. The van der Waals surface area contributed by atoms with Gasteiger partial charge in [-0.3, -0.25) is 0 Å². The molecule has 2 N–H and O–H groups in total. The number of hydrogen-bond donors (Lipinski definition) is 1. The second-order valence-corrected chi connectivity index (χ2v) is 4.23. The number of aryl methyl sites for hydroxylation is 1. The van der Waals surface area contributed by atoms with Gasteiger partial charge in [0.2, 0.25) is 5.88 Å². The summed E-state index contributed by atoms with van der Waals surface area (Å²) in [7, 11) is 0. The predicted molar refractivity (Wildman–Crippen MR) is 59.9 cm³/mol. The minimum absolute atomic E-state index is 0.108. The molecule has 2 rings (SSSR count). The normalized spacial score (nSPS) is 24.1. The van der Waals surface area contributed by atoms with E-state index in [0.717, 1.165) is 25.0 Å². The molecule has 0 bridgehead atoms. The average molecular weight is 217 g/mol. The maximum atomic E-state index is 8.94. The highest BCUT2D eigenvalue weighted by Crippen LogP contribution is 2.24. The number of nitrogens with two attached hydrogens (primary N) is 1. The summed E-state index contributed by atoms with van der Waals surface area (Å²) in [5.74, 6) is 0.446. The lowest BCUT2D eigenvalue weighted by Gasteiger charge is -2.13. The Bertz CT molecular complexity index is 425. The van der Waals surface area contributed by atoms with E-state index in [1.165, 1.54) is 0 Å². The van der Waals surface area contributed by atoms with Crippen LogP contribution in [-0.4, -0.2) is 17.1 Å². The van der Waals surface area contributed by atoms with Crippen molar-refractivity contribution in [1.82, 2.24) is 4.98 Å². The Morgan fingerprint density at radius 2 is 2.31 bits per heavy atom. The van der Waals surface area contributed by atoms with Crippen LogP contribution < -0.4 is 10.5 Å². The summed E-state index contributed by atoms with van der Waals surface area (Å²) < 4.78 is 5.73. The lowest BCUT2D eigenvalue weighted by atomic mass is 10.2. The molecular weight excluding hydrogens is 202 g/mol. The van der Waals surface area contributed by atoms with Crippen molar-refractivity contribution in [3.63, 3.8) is 0 Å². The summed E-state index contributed by atoms with van der Waals surface area (Å²) in [6.45, 7) is 1.88. The van der Waals surface area contributed by atoms with Gasteiger partial charge in [-0.15, -0.1) is 0 Å². The van der Waals surface area contributed by atoms with Crippen molar-refractivity contribution in [2.75, 3.05) is 0 Å². The maximum absolute atomic E-state index is 8.94. The van der Waals surface area contributed by atoms with Gasteiger partial charge in [0, 0.05) is 11.7 Å². The zero-order valence-electron chi connectivity index (χ0n) is 9.31. The summed E-state index contributed by atoms with van der Waals surface area (Å²) in [5.41, 5.74) is 7.16. The number of nitriles is 1. The molecule has 2 unspecified atom stereocenters. The van der Waals surface area contributed by atoms with Crippen molar-refractivity contribution in [1.29, 1.82) is 5.26 Å². The topological polar surface area (TPSA) is 71.9 Å². The van der Waals surface area contributed by atoms with Gasteiger partial charge in [-0.2, -0.15) is 5.26 Å². The third kappa shape index (κ3) is 2.31. The zero-order valence-corrected chi connectivity index (χ0v) is 9.31. The summed E-state index contributed by atoms with van der Waals surface area (Å²) in [6.07, 6.45) is 2.89. The van der Waals surface area contributed by atoms with E-state index < -0.39 is 0 Å². The van der Waals surface area contributed by atoms with Crippen molar-refractivity contribution in [3.8, 4) is 11.9 Å². The van der Waals surface area contributed by atoms with Crippen LogP contribution in [0.2, 0.25) is 0 Å². The molecule has 1 aromatic rings. The fourth-order valence-electron chi connectivity index (χ4n) is 1.95. The predicted octanol–water partition coefficient (Wildman–Crippen LogP) is 1.52. The molecule has 84 valence electrons. The largest absolute Gasteiger partial charge is 0.473 e. The van der Waals surface area contributed by atoms with Gasteiger partial charge in [-0.05, 0) is 38.3 Å². The van der Waals surface area contributed by atoms with Gasteiger partial charge in [-0.25, -0.2) is 4.98 Å². The van der Waals surface area contributed by atoms with Crippen LogP contribution in [0.3, 0.4) is 0 Å². The van der Waals surface area contributed by atoms with Crippen molar-refractivity contribution in [3.05, 3.63) is 23.4 Å². The van der Waals surface area contributed by atoms with Crippen molar-refractivity contribution >= 4 is 0 Å². The van der Waals surface area contributed by atoms with Crippen LogP contribution in [0.25, 0.3) is 0 Å². The van der Waals surface area contributed by atoms with Crippen LogP contribution in [0.4, 0.5) is 0 Å². The first-order valence-corrected chi connectivity index (χ1v) is 5.49. The van der Waals surface area contributed by atoms with Gasteiger partial charge in [0.25, 0.3) is 0 Å². The van der Waals surface area contributed by atoms with E-state index >= 15 is 0 Å². The number of pyridine rings is 1.